The van der Waals surface area contributed by atoms with Crippen molar-refractivity contribution in [3.63, 3.8) is 0 Å². The summed E-state index contributed by atoms with van der Waals surface area (Å²) < 4.78 is 12.0. The van der Waals surface area contributed by atoms with Gasteiger partial charge in [0.15, 0.2) is 11.5 Å². The fraction of sp³-hybridized carbons (Fsp3) is 0.130. The van der Waals surface area contributed by atoms with E-state index >= 15 is 0 Å². The van der Waals surface area contributed by atoms with Crippen molar-refractivity contribution in [3.05, 3.63) is 85.3 Å². The number of hydrogen-bond donors (Lipinski definition) is 1. The van der Waals surface area contributed by atoms with E-state index in [-0.39, 0.29) is 18.3 Å². The maximum absolute atomic E-state index is 12.0. The molecule has 5 nitrogen and oxygen atoms in total. The van der Waals surface area contributed by atoms with Crippen LogP contribution in [-0.2, 0) is 11.4 Å². The van der Waals surface area contributed by atoms with Crippen LogP contribution in [0.3, 0.4) is 0 Å². The summed E-state index contributed by atoms with van der Waals surface area (Å²) in [5, 5.41) is 5.75. The summed E-state index contributed by atoms with van der Waals surface area (Å²) in [5.41, 5.74) is 4.01. The van der Waals surface area contributed by atoms with Crippen LogP contribution in [0.1, 0.15) is 11.1 Å². The Bertz CT molecular complexity index is 1160. The van der Waals surface area contributed by atoms with Gasteiger partial charge in [-0.1, -0.05) is 40.9 Å². The molecule has 3 aromatic rings. The highest BCUT2D eigenvalue weighted by Gasteiger charge is 2.13. The van der Waals surface area contributed by atoms with Gasteiger partial charge in [-0.15, -0.1) is 11.8 Å². The number of nitrogens with one attached hydrogen (secondary N) is 1. The Hall–Kier alpha value is -1.90. The molecule has 0 saturated carbocycles. The summed E-state index contributed by atoms with van der Waals surface area (Å²) in [6, 6.07) is 16.1. The minimum Gasteiger partial charge on any atom is -0.493 e. The molecule has 0 aliphatic carbocycles. The molecule has 3 aromatic carbocycles. The Labute approximate surface area is 219 Å². The van der Waals surface area contributed by atoms with Crippen LogP contribution in [0.5, 0.6) is 11.5 Å². The van der Waals surface area contributed by atoms with Gasteiger partial charge in [-0.3, -0.25) is 4.79 Å². The quantitative estimate of drug-likeness (QED) is 0.163. The molecule has 0 unspecified atom stereocenters. The van der Waals surface area contributed by atoms with E-state index in [2.05, 4.69) is 26.5 Å². The molecule has 0 fully saturated rings. The number of rotatable bonds is 9. The molecule has 3 rings (SSSR count). The largest absolute Gasteiger partial charge is 0.493 e. The first-order valence-corrected chi connectivity index (χ1v) is 12.4. The molecule has 1 amide bonds. The van der Waals surface area contributed by atoms with Crippen molar-refractivity contribution in [1.29, 1.82) is 0 Å². The number of carbonyl (C=O) groups is 1. The molecule has 0 aliphatic heterocycles. The van der Waals surface area contributed by atoms with Crippen LogP contribution in [0.4, 0.5) is 0 Å². The summed E-state index contributed by atoms with van der Waals surface area (Å²) in [6.07, 6.45) is 1.53. The summed E-state index contributed by atoms with van der Waals surface area (Å²) in [6.45, 7) is 0.236. The molecule has 0 aromatic heterocycles. The van der Waals surface area contributed by atoms with Crippen molar-refractivity contribution in [2.75, 3.05) is 12.9 Å². The second-order valence-electron chi connectivity index (χ2n) is 6.59. The van der Waals surface area contributed by atoms with Crippen LogP contribution in [-0.4, -0.2) is 25.0 Å². The van der Waals surface area contributed by atoms with Gasteiger partial charge in [-0.05, 0) is 70.0 Å². The lowest BCUT2D eigenvalue weighted by Crippen LogP contribution is -2.19. The number of halogens is 4. The number of ether oxygens (including phenoxy) is 2. The van der Waals surface area contributed by atoms with Gasteiger partial charge in [0.25, 0.3) is 0 Å². The first-order valence-electron chi connectivity index (χ1n) is 9.50. The van der Waals surface area contributed by atoms with Gasteiger partial charge in [-0.2, -0.15) is 5.10 Å². The third kappa shape index (κ3) is 7.83. The molecule has 0 radical (unpaired) electrons. The Kier molecular flexibility index (Phi) is 9.77. The number of thioether (sulfide) groups is 1. The van der Waals surface area contributed by atoms with Crippen molar-refractivity contribution >= 4 is 74.6 Å². The average Bonchev–Trinajstić information content (AvgIpc) is 2.78. The van der Waals surface area contributed by atoms with Gasteiger partial charge in [0.1, 0.15) is 6.61 Å². The predicted octanol–water partition coefficient (Wildman–Crippen LogP) is 7.24. The minimum absolute atomic E-state index is 0.225. The maximum atomic E-state index is 12.0. The molecule has 172 valence electrons. The lowest BCUT2D eigenvalue weighted by molar-refractivity contribution is -0.118. The molecule has 0 atom stereocenters. The van der Waals surface area contributed by atoms with E-state index in [4.69, 9.17) is 44.3 Å². The lowest BCUT2D eigenvalue weighted by Gasteiger charge is -2.14. The van der Waals surface area contributed by atoms with Crippen LogP contribution < -0.4 is 14.9 Å². The van der Waals surface area contributed by atoms with Gasteiger partial charge in [0.05, 0.1) is 23.5 Å². The van der Waals surface area contributed by atoms with Gasteiger partial charge >= 0.3 is 0 Å². The zero-order valence-electron chi connectivity index (χ0n) is 17.3. The number of benzene rings is 3. The van der Waals surface area contributed by atoms with E-state index in [0.29, 0.717) is 36.6 Å². The first-order chi connectivity index (χ1) is 15.9. The Morgan fingerprint density at radius 3 is 2.52 bits per heavy atom. The highest BCUT2D eigenvalue weighted by atomic mass is 79.9. The average molecular weight is 589 g/mol. The van der Waals surface area contributed by atoms with Crippen LogP contribution in [0, 0.1) is 0 Å². The minimum atomic E-state index is -0.225. The maximum Gasteiger partial charge on any atom is 0.250 e. The monoisotopic (exact) mass is 586 g/mol. The second kappa shape index (κ2) is 12.5. The number of amides is 1. The summed E-state index contributed by atoms with van der Waals surface area (Å²) in [7, 11) is 1.54. The van der Waals surface area contributed by atoms with E-state index in [0.717, 1.165) is 10.5 Å². The van der Waals surface area contributed by atoms with Crippen LogP contribution >= 0.6 is 62.5 Å². The van der Waals surface area contributed by atoms with Crippen molar-refractivity contribution in [2.24, 2.45) is 5.10 Å². The van der Waals surface area contributed by atoms with E-state index in [9.17, 15) is 4.79 Å². The number of hydrogen-bond acceptors (Lipinski definition) is 5. The predicted molar refractivity (Wildman–Crippen MR) is 139 cm³/mol. The zero-order chi connectivity index (χ0) is 23.8. The van der Waals surface area contributed by atoms with Gasteiger partial charge < -0.3 is 9.47 Å². The third-order valence-corrected chi connectivity index (χ3v) is 6.67. The topological polar surface area (TPSA) is 59.9 Å². The summed E-state index contributed by atoms with van der Waals surface area (Å²) in [4.78, 5) is 13.0. The number of hydrazone groups is 1. The fourth-order valence-corrected chi connectivity index (χ4v) is 4.49. The van der Waals surface area contributed by atoms with Gasteiger partial charge in [0.2, 0.25) is 5.91 Å². The number of nitrogens with zero attached hydrogens (tertiary/aromatic N) is 1. The molecule has 0 bridgehead atoms. The highest BCUT2D eigenvalue weighted by molar-refractivity contribution is 9.10. The van der Waals surface area contributed by atoms with Gasteiger partial charge in [-0.25, -0.2) is 5.43 Å². The molecule has 10 heteroatoms. The van der Waals surface area contributed by atoms with Crippen molar-refractivity contribution in [3.8, 4) is 11.5 Å². The van der Waals surface area contributed by atoms with Crippen molar-refractivity contribution in [2.45, 2.75) is 11.5 Å². The molecule has 0 spiro atoms. The van der Waals surface area contributed by atoms with Crippen LogP contribution in [0.15, 0.2) is 69.1 Å². The Balaban J connectivity index is 1.59. The Morgan fingerprint density at radius 2 is 1.82 bits per heavy atom. The van der Waals surface area contributed by atoms with E-state index < -0.39 is 0 Å². The summed E-state index contributed by atoms with van der Waals surface area (Å²) >= 11 is 22.9. The third-order valence-electron chi connectivity index (χ3n) is 4.23. The SMILES string of the molecule is COc1cc(/C=N\NC(=O)CSc2ccc(Cl)cc2)cc(Br)c1OCc1ccc(Cl)cc1Cl. The van der Waals surface area contributed by atoms with E-state index in [1.54, 1.807) is 49.6 Å². The van der Waals surface area contributed by atoms with Crippen molar-refractivity contribution < 1.29 is 14.3 Å². The van der Waals surface area contributed by atoms with Crippen LogP contribution in [0.25, 0.3) is 0 Å². The molecular weight excluding hydrogens is 571 g/mol. The van der Waals surface area contributed by atoms with Crippen LogP contribution in [0.2, 0.25) is 15.1 Å². The standard InChI is InChI=1S/C23H18BrCl3N2O3S/c1-31-21-9-14(11-28-29-22(30)13-33-18-6-4-16(25)5-7-18)8-19(24)23(21)32-12-15-2-3-17(26)10-20(15)27/h2-11H,12-13H2,1H3,(H,29,30)/b28-11-. The number of carbonyl (C=O) groups excluding carboxylic acids is 1. The lowest BCUT2D eigenvalue weighted by atomic mass is 10.2. The molecular formula is C23H18BrCl3N2O3S. The molecule has 0 heterocycles. The normalized spacial score (nSPS) is 10.9. The smallest absolute Gasteiger partial charge is 0.250 e. The second-order valence-corrected chi connectivity index (χ2v) is 9.78. The fourth-order valence-electron chi connectivity index (χ4n) is 2.63. The molecule has 0 aliphatic rings. The van der Waals surface area contributed by atoms with Crippen molar-refractivity contribution in [1.82, 2.24) is 5.43 Å². The first kappa shape index (κ1) is 25.7. The summed E-state index contributed by atoms with van der Waals surface area (Å²) in [5.74, 6) is 1.02. The van der Waals surface area contributed by atoms with E-state index in [1.807, 2.05) is 12.1 Å². The van der Waals surface area contributed by atoms with Gasteiger partial charge in [0, 0.05) is 25.5 Å². The molecule has 1 N–H and O–H groups in total. The zero-order valence-corrected chi connectivity index (χ0v) is 22.0. The molecule has 33 heavy (non-hydrogen) atoms. The number of methoxy groups -OCH3 is 1. The molecule has 0 saturated heterocycles. The Morgan fingerprint density at radius 1 is 1.09 bits per heavy atom. The van der Waals surface area contributed by atoms with E-state index in [1.165, 1.54) is 18.0 Å². The highest BCUT2D eigenvalue weighted by Crippen LogP contribution is 2.37.